The quantitative estimate of drug-likeness (QED) is 0.673. The highest BCUT2D eigenvalue weighted by Gasteiger charge is 2.34. The van der Waals surface area contributed by atoms with E-state index >= 15 is 0 Å². The molecular weight excluding hydrogens is 316 g/mol. The number of non-ortho nitro benzene ring substituents is 1. The molecule has 2 rings (SSSR count). The third-order valence-electron chi connectivity index (χ3n) is 3.82. The van der Waals surface area contributed by atoms with Crippen molar-refractivity contribution in [2.24, 2.45) is 0 Å². The maximum absolute atomic E-state index is 11.9. The Morgan fingerprint density at radius 3 is 2.54 bits per heavy atom. The van der Waals surface area contributed by atoms with Crippen molar-refractivity contribution in [1.29, 1.82) is 0 Å². The third-order valence-corrected chi connectivity index (χ3v) is 3.82. The Morgan fingerprint density at radius 2 is 2.00 bits per heavy atom. The van der Waals surface area contributed by atoms with Gasteiger partial charge in [-0.2, -0.15) is 0 Å². The molecule has 0 spiro atoms. The molecular formula is C16H16N2O6. The minimum atomic E-state index is -1.21. The van der Waals surface area contributed by atoms with E-state index in [0.717, 1.165) is 4.90 Å². The molecule has 1 aromatic rings. The number of hydrogen-bond acceptors (Lipinski definition) is 5. The number of carbonyl (C=O) groups excluding carboxylic acids is 1. The number of carboxylic acid groups (broad SMARTS) is 1. The Labute approximate surface area is 137 Å². The number of aliphatic carboxylic acids is 1. The second-order valence-corrected chi connectivity index (χ2v) is 5.25. The molecule has 0 saturated carbocycles. The molecule has 1 aromatic carbocycles. The highest BCUT2D eigenvalue weighted by Crippen LogP contribution is 2.37. The summed E-state index contributed by atoms with van der Waals surface area (Å²) in [6, 6.07) is 5.78. The maximum atomic E-state index is 11.9. The summed E-state index contributed by atoms with van der Waals surface area (Å²) in [6.07, 6.45) is 0.879. The number of allylic oxidation sites excluding steroid dienone is 3. The molecule has 126 valence electrons. The molecule has 1 aliphatic rings. The number of benzene rings is 1. The summed E-state index contributed by atoms with van der Waals surface area (Å²) in [5.41, 5.74) is 0.999. The van der Waals surface area contributed by atoms with Gasteiger partial charge in [0.25, 0.3) is 5.69 Å². The SMILES string of the molecule is COC(=O)N1C(C)=CC(c2cccc([N+](=O)[O-])c2)C(C(=O)O)=C1C. The summed E-state index contributed by atoms with van der Waals surface area (Å²) in [5.74, 6) is -1.91. The van der Waals surface area contributed by atoms with Gasteiger partial charge in [-0.15, -0.1) is 0 Å². The molecule has 8 heteroatoms. The largest absolute Gasteiger partial charge is 0.478 e. The number of carbonyl (C=O) groups is 2. The van der Waals surface area contributed by atoms with Crippen LogP contribution in [0.25, 0.3) is 0 Å². The van der Waals surface area contributed by atoms with E-state index in [-0.39, 0.29) is 17.0 Å². The Balaban J connectivity index is 2.60. The summed E-state index contributed by atoms with van der Waals surface area (Å²) in [7, 11) is 1.20. The van der Waals surface area contributed by atoms with Crippen LogP contribution in [0.1, 0.15) is 25.3 Å². The fourth-order valence-corrected chi connectivity index (χ4v) is 2.76. The van der Waals surface area contributed by atoms with Crippen LogP contribution in [0.4, 0.5) is 10.5 Å². The summed E-state index contributed by atoms with van der Waals surface area (Å²) in [6.45, 7) is 3.14. The highest BCUT2D eigenvalue weighted by molar-refractivity contribution is 5.92. The molecule has 1 amide bonds. The lowest BCUT2D eigenvalue weighted by Crippen LogP contribution is -2.33. The van der Waals surface area contributed by atoms with E-state index in [1.807, 2.05) is 0 Å². The predicted molar refractivity (Wildman–Crippen MR) is 84.2 cm³/mol. The Bertz CT molecular complexity index is 781. The van der Waals surface area contributed by atoms with E-state index in [9.17, 15) is 24.8 Å². The Kier molecular flexibility index (Phi) is 4.68. The molecule has 0 aliphatic carbocycles. The molecule has 0 fully saturated rings. The third kappa shape index (κ3) is 2.98. The molecule has 1 unspecified atom stereocenters. The predicted octanol–water partition coefficient (Wildman–Crippen LogP) is 3.02. The molecule has 1 N–H and O–H groups in total. The second-order valence-electron chi connectivity index (χ2n) is 5.25. The molecule has 1 heterocycles. The van der Waals surface area contributed by atoms with Crippen molar-refractivity contribution in [3.05, 3.63) is 63.0 Å². The van der Waals surface area contributed by atoms with Crippen molar-refractivity contribution < 1.29 is 24.4 Å². The number of carboxylic acids is 1. The lowest BCUT2D eigenvalue weighted by atomic mass is 9.86. The number of rotatable bonds is 3. The van der Waals surface area contributed by atoms with Gasteiger partial charge in [0, 0.05) is 29.4 Å². The minimum Gasteiger partial charge on any atom is -0.478 e. The van der Waals surface area contributed by atoms with Crippen molar-refractivity contribution in [2.45, 2.75) is 19.8 Å². The maximum Gasteiger partial charge on any atom is 0.418 e. The molecule has 8 nitrogen and oxygen atoms in total. The van der Waals surface area contributed by atoms with E-state index in [2.05, 4.69) is 4.74 Å². The average molecular weight is 332 g/mol. The standard InChI is InChI=1S/C16H16N2O6/c1-9-7-13(11-5-4-6-12(8-11)18(22)23)14(15(19)20)10(2)17(9)16(21)24-3/h4-8,13H,1-3H3,(H,19,20). The fourth-order valence-electron chi connectivity index (χ4n) is 2.76. The van der Waals surface area contributed by atoms with Crippen LogP contribution < -0.4 is 0 Å². The molecule has 1 aliphatic heterocycles. The summed E-state index contributed by atoms with van der Waals surface area (Å²) in [5, 5.41) is 20.5. The van der Waals surface area contributed by atoms with Crippen molar-refractivity contribution in [3.8, 4) is 0 Å². The van der Waals surface area contributed by atoms with Crippen LogP contribution in [0.15, 0.2) is 47.3 Å². The zero-order valence-electron chi connectivity index (χ0n) is 13.3. The molecule has 0 aromatic heterocycles. The van der Waals surface area contributed by atoms with Gasteiger partial charge in [-0.3, -0.25) is 15.0 Å². The summed E-state index contributed by atoms with van der Waals surface area (Å²) in [4.78, 5) is 35.2. The Hall–Kier alpha value is -3.16. The van der Waals surface area contributed by atoms with Gasteiger partial charge in [-0.05, 0) is 19.4 Å². The zero-order chi connectivity index (χ0) is 18.0. The lowest BCUT2D eigenvalue weighted by molar-refractivity contribution is -0.384. The van der Waals surface area contributed by atoms with Gasteiger partial charge in [0.05, 0.1) is 17.6 Å². The van der Waals surface area contributed by atoms with Gasteiger partial charge in [0.1, 0.15) is 0 Å². The van der Waals surface area contributed by atoms with Crippen LogP contribution in [-0.4, -0.2) is 34.1 Å². The molecule has 1 atom stereocenters. The van der Waals surface area contributed by atoms with E-state index in [4.69, 9.17) is 0 Å². The second kappa shape index (κ2) is 6.53. The van der Waals surface area contributed by atoms with Gasteiger partial charge in [-0.1, -0.05) is 18.2 Å². The van der Waals surface area contributed by atoms with Gasteiger partial charge < -0.3 is 9.84 Å². The highest BCUT2D eigenvalue weighted by atomic mass is 16.6. The van der Waals surface area contributed by atoms with Crippen LogP contribution in [0.3, 0.4) is 0 Å². The molecule has 0 bridgehead atoms. The first-order chi connectivity index (χ1) is 11.3. The van der Waals surface area contributed by atoms with Crippen LogP contribution in [0.2, 0.25) is 0 Å². The minimum absolute atomic E-state index is 0.0357. The molecule has 24 heavy (non-hydrogen) atoms. The number of methoxy groups -OCH3 is 1. The van der Waals surface area contributed by atoms with E-state index in [1.54, 1.807) is 19.1 Å². The smallest absolute Gasteiger partial charge is 0.418 e. The number of amides is 1. The number of hydrogen-bond donors (Lipinski definition) is 1. The summed E-state index contributed by atoms with van der Waals surface area (Å²) < 4.78 is 4.68. The summed E-state index contributed by atoms with van der Waals surface area (Å²) >= 11 is 0. The first kappa shape index (κ1) is 17.2. The van der Waals surface area contributed by atoms with E-state index in [0.29, 0.717) is 11.3 Å². The molecule has 0 radical (unpaired) electrons. The zero-order valence-corrected chi connectivity index (χ0v) is 13.3. The average Bonchev–Trinajstić information content (AvgIpc) is 2.53. The van der Waals surface area contributed by atoms with E-state index in [1.165, 1.54) is 32.2 Å². The lowest BCUT2D eigenvalue weighted by Gasteiger charge is -2.31. The van der Waals surface area contributed by atoms with Crippen LogP contribution in [0, 0.1) is 10.1 Å². The first-order valence-corrected chi connectivity index (χ1v) is 7.02. The monoisotopic (exact) mass is 332 g/mol. The topological polar surface area (TPSA) is 110 Å². The Morgan fingerprint density at radius 1 is 1.33 bits per heavy atom. The van der Waals surface area contributed by atoms with Gasteiger partial charge >= 0.3 is 12.1 Å². The number of nitro groups is 1. The van der Waals surface area contributed by atoms with Gasteiger partial charge in [-0.25, -0.2) is 9.59 Å². The fraction of sp³-hybridized carbons (Fsp3) is 0.250. The van der Waals surface area contributed by atoms with Crippen molar-refractivity contribution >= 4 is 17.7 Å². The van der Waals surface area contributed by atoms with Crippen LogP contribution >= 0.6 is 0 Å². The number of nitrogens with zero attached hydrogens (tertiary/aromatic N) is 2. The van der Waals surface area contributed by atoms with Crippen LogP contribution in [0.5, 0.6) is 0 Å². The van der Waals surface area contributed by atoms with Crippen molar-refractivity contribution in [3.63, 3.8) is 0 Å². The van der Waals surface area contributed by atoms with Crippen molar-refractivity contribution in [2.75, 3.05) is 7.11 Å². The van der Waals surface area contributed by atoms with Gasteiger partial charge in [0.15, 0.2) is 0 Å². The number of nitro benzene ring substituents is 1. The normalized spacial score (nSPS) is 17.4. The van der Waals surface area contributed by atoms with Crippen molar-refractivity contribution in [1.82, 2.24) is 4.90 Å². The van der Waals surface area contributed by atoms with Gasteiger partial charge in [0.2, 0.25) is 0 Å². The van der Waals surface area contributed by atoms with Crippen LogP contribution in [-0.2, 0) is 9.53 Å². The number of ether oxygens (including phenoxy) is 1. The van der Waals surface area contributed by atoms with E-state index < -0.39 is 22.9 Å². The first-order valence-electron chi connectivity index (χ1n) is 7.02. The molecule has 0 saturated heterocycles.